The number of amides is 1. The van der Waals surface area contributed by atoms with Gasteiger partial charge in [0.1, 0.15) is 5.69 Å². The zero-order valence-electron chi connectivity index (χ0n) is 14.0. The molecule has 1 aromatic rings. The van der Waals surface area contributed by atoms with E-state index < -0.39 is 15.8 Å². The topological polar surface area (TPSA) is 107 Å². The zero-order chi connectivity index (χ0) is 17.7. The Morgan fingerprint density at radius 2 is 1.91 bits per heavy atom. The van der Waals surface area contributed by atoms with Crippen LogP contribution in [-0.2, 0) is 15.0 Å². The molecular formula is C16H21N3O4. The van der Waals surface area contributed by atoms with Crippen LogP contribution in [0.15, 0.2) is 12.1 Å². The van der Waals surface area contributed by atoms with E-state index in [4.69, 9.17) is 5.73 Å². The second kappa shape index (κ2) is 5.04. The first kappa shape index (κ1) is 16.9. The molecule has 0 spiro atoms. The second-order valence-electron chi connectivity index (χ2n) is 7.37. The third-order valence-corrected chi connectivity index (χ3v) is 4.22. The van der Waals surface area contributed by atoms with Gasteiger partial charge in [0.2, 0.25) is 5.91 Å². The fourth-order valence-electron chi connectivity index (χ4n) is 2.58. The summed E-state index contributed by atoms with van der Waals surface area (Å²) in [5.74, 6) is -0.376. The fourth-order valence-corrected chi connectivity index (χ4v) is 2.58. The summed E-state index contributed by atoms with van der Waals surface area (Å²) >= 11 is 0. The van der Waals surface area contributed by atoms with Gasteiger partial charge in [0.15, 0.2) is 5.78 Å². The molecule has 0 bridgehead atoms. The summed E-state index contributed by atoms with van der Waals surface area (Å²) in [6.45, 7) is 8.65. The van der Waals surface area contributed by atoms with Crippen LogP contribution in [0.25, 0.3) is 0 Å². The molecule has 124 valence electrons. The van der Waals surface area contributed by atoms with Gasteiger partial charge in [0.25, 0.3) is 5.69 Å². The quantitative estimate of drug-likeness (QED) is 0.523. The lowest BCUT2D eigenvalue weighted by Crippen LogP contribution is -2.42. The van der Waals surface area contributed by atoms with Crippen LogP contribution < -0.4 is 10.6 Å². The Morgan fingerprint density at radius 3 is 2.39 bits per heavy atom. The summed E-state index contributed by atoms with van der Waals surface area (Å²) < 4.78 is 0. The number of carbonyl (C=O) groups is 2. The van der Waals surface area contributed by atoms with Crippen molar-refractivity contribution in [2.24, 2.45) is 5.41 Å². The van der Waals surface area contributed by atoms with Gasteiger partial charge in [-0.2, -0.15) is 0 Å². The average molecular weight is 319 g/mol. The Labute approximate surface area is 134 Å². The number of fused-ring (bicyclic) bond motifs is 1. The fraction of sp³-hybridized carbons (Fsp3) is 0.500. The van der Waals surface area contributed by atoms with Crippen molar-refractivity contribution in [3.63, 3.8) is 0 Å². The SMILES string of the molecule is CC(C)(C)C(=O)CN1C(=O)C(C)(C)c2cc(N)c([N+](=O)[O-])cc21. The van der Waals surface area contributed by atoms with Gasteiger partial charge in [0, 0.05) is 11.5 Å². The summed E-state index contributed by atoms with van der Waals surface area (Å²) in [4.78, 5) is 36.9. The van der Waals surface area contributed by atoms with Crippen molar-refractivity contribution < 1.29 is 14.5 Å². The van der Waals surface area contributed by atoms with Crippen LogP contribution in [0.5, 0.6) is 0 Å². The number of anilines is 2. The first-order valence-electron chi connectivity index (χ1n) is 7.31. The molecule has 0 aliphatic carbocycles. The predicted molar refractivity (Wildman–Crippen MR) is 87.3 cm³/mol. The summed E-state index contributed by atoms with van der Waals surface area (Å²) in [6, 6.07) is 2.75. The first-order valence-corrected chi connectivity index (χ1v) is 7.31. The summed E-state index contributed by atoms with van der Waals surface area (Å²) in [7, 11) is 0. The lowest BCUT2D eigenvalue weighted by molar-refractivity contribution is -0.383. The van der Waals surface area contributed by atoms with Crippen molar-refractivity contribution in [2.75, 3.05) is 17.2 Å². The molecule has 1 aromatic carbocycles. The second-order valence-corrected chi connectivity index (χ2v) is 7.37. The number of carbonyl (C=O) groups excluding carboxylic acids is 2. The minimum Gasteiger partial charge on any atom is -0.393 e. The molecular weight excluding hydrogens is 298 g/mol. The molecule has 0 radical (unpaired) electrons. The number of nitro groups is 1. The number of nitrogens with zero attached hydrogens (tertiary/aromatic N) is 2. The molecule has 1 aliphatic heterocycles. The Morgan fingerprint density at radius 1 is 1.35 bits per heavy atom. The monoisotopic (exact) mass is 319 g/mol. The summed E-state index contributed by atoms with van der Waals surface area (Å²) in [5, 5.41) is 11.1. The minimum atomic E-state index is -0.878. The minimum absolute atomic E-state index is 0.0126. The lowest BCUT2D eigenvalue weighted by Gasteiger charge is -2.24. The van der Waals surface area contributed by atoms with E-state index in [2.05, 4.69) is 0 Å². The molecule has 2 rings (SSSR count). The number of Topliss-reactive ketones (excluding diaryl/α,β-unsaturated/α-hetero) is 1. The number of rotatable bonds is 3. The molecule has 1 heterocycles. The number of nitrogen functional groups attached to an aromatic ring is 1. The molecule has 7 nitrogen and oxygen atoms in total. The average Bonchev–Trinajstić information content (AvgIpc) is 2.58. The molecule has 0 aromatic heterocycles. The highest BCUT2D eigenvalue weighted by molar-refractivity contribution is 6.11. The van der Waals surface area contributed by atoms with E-state index in [-0.39, 0.29) is 29.6 Å². The number of nitro benzene ring substituents is 1. The van der Waals surface area contributed by atoms with Crippen LogP contribution in [0, 0.1) is 15.5 Å². The van der Waals surface area contributed by atoms with Crippen LogP contribution in [0.2, 0.25) is 0 Å². The molecule has 0 fully saturated rings. The van der Waals surface area contributed by atoms with E-state index in [1.54, 1.807) is 34.6 Å². The maximum atomic E-state index is 12.7. The largest absolute Gasteiger partial charge is 0.393 e. The zero-order valence-corrected chi connectivity index (χ0v) is 14.0. The van der Waals surface area contributed by atoms with Gasteiger partial charge in [-0.25, -0.2) is 0 Å². The molecule has 0 unspecified atom stereocenters. The highest BCUT2D eigenvalue weighted by Crippen LogP contribution is 2.45. The van der Waals surface area contributed by atoms with Crippen molar-refractivity contribution in [1.82, 2.24) is 0 Å². The molecule has 1 amide bonds. The number of hydrogen-bond donors (Lipinski definition) is 1. The van der Waals surface area contributed by atoms with Crippen LogP contribution in [0.3, 0.4) is 0 Å². The van der Waals surface area contributed by atoms with Crippen molar-refractivity contribution >= 4 is 28.8 Å². The number of benzene rings is 1. The molecule has 23 heavy (non-hydrogen) atoms. The van der Waals surface area contributed by atoms with Gasteiger partial charge in [-0.15, -0.1) is 0 Å². The van der Waals surface area contributed by atoms with Gasteiger partial charge in [-0.05, 0) is 25.5 Å². The van der Waals surface area contributed by atoms with Crippen molar-refractivity contribution in [1.29, 1.82) is 0 Å². The van der Waals surface area contributed by atoms with E-state index in [1.807, 2.05) is 0 Å². The van der Waals surface area contributed by atoms with Crippen LogP contribution >= 0.6 is 0 Å². The van der Waals surface area contributed by atoms with Crippen LogP contribution in [-0.4, -0.2) is 23.2 Å². The molecule has 0 saturated heterocycles. The van der Waals surface area contributed by atoms with Gasteiger partial charge in [-0.1, -0.05) is 20.8 Å². The maximum Gasteiger partial charge on any atom is 0.294 e. The third-order valence-electron chi connectivity index (χ3n) is 4.22. The summed E-state index contributed by atoms with van der Waals surface area (Å²) in [6.07, 6.45) is 0. The first-order chi connectivity index (χ1) is 10.4. The Balaban J connectivity index is 2.57. The third kappa shape index (κ3) is 2.67. The van der Waals surface area contributed by atoms with E-state index in [0.717, 1.165) is 0 Å². The van der Waals surface area contributed by atoms with E-state index in [0.29, 0.717) is 11.3 Å². The molecule has 2 N–H and O–H groups in total. The Kier molecular flexibility index (Phi) is 3.71. The van der Waals surface area contributed by atoms with Gasteiger partial charge in [-0.3, -0.25) is 19.7 Å². The van der Waals surface area contributed by atoms with E-state index >= 15 is 0 Å². The lowest BCUT2D eigenvalue weighted by atomic mass is 9.86. The normalized spacial score (nSPS) is 16.4. The predicted octanol–water partition coefficient (Wildman–Crippen LogP) is 2.42. The van der Waals surface area contributed by atoms with Crippen molar-refractivity contribution in [2.45, 2.75) is 40.0 Å². The molecule has 7 heteroatoms. The maximum absolute atomic E-state index is 12.7. The van der Waals surface area contributed by atoms with Crippen LogP contribution in [0.4, 0.5) is 17.1 Å². The molecule has 1 aliphatic rings. The van der Waals surface area contributed by atoms with Crippen molar-refractivity contribution in [3.8, 4) is 0 Å². The summed E-state index contributed by atoms with van der Waals surface area (Å²) in [5.41, 5.74) is 5.00. The number of nitrogens with two attached hydrogens (primary N) is 1. The molecule has 0 atom stereocenters. The highest BCUT2D eigenvalue weighted by Gasteiger charge is 2.46. The van der Waals surface area contributed by atoms with Crippen LogP contribution in [0.1, 0.15) is 40.2 Å². The van der Waals surface area contributed by atoms with Gasteiger partial charge < -0.3 is 10.6 Å². The Bertz CT molecular complexity index is 717. The Hall–Kier alpha value is -2.44. The smallest absolute Gasteiger partial charge is 0.294 e. The van der Waals surface area contributed by atoms with E-state index in [9.17, 15) is 19.7 Å². The van der Waals surface area contributed by atoms with E-state index in [1.165, 1.54) is 17.0 Å². The standard InChI is InChI=1S/C16H21N3O4/c1-15(2,3)13(20)8-18-11-7-12(19(22)23)10(17)6-9(11)16(4,5)14(18)21/h6-7H,8,17H2,1-5H3. The number of ketones is 1. The van der Waals surface area contributed by atoms with Gasteiger partial charge in [0.05, 0.1) is 22.6 Å². The molecule has 0 saturated carbocycles. The van der Waals surface area contributed by atoms with Gasteiger partial charge >= 0.3 is 0 Å². The van der Waals surface area contributed by atoms with Crippen molar-refractivity contribution in [3.05, 3.63) is 27.8 Å². The number of hydrogen-bond acceptors (Lipinski definition) is 5. The highest BCUT2D eigenvalue weighted by atomic mass is 16.6.